The summed E-state index contributed by atoms with van der Waals surface area (Å²) in [5, 5.41) is 6.17. The van der Waals surface area contributed by atoms with E-state index in [0.717, 1.165) is 23.0 Å². The summed E-state index contributed by atoms with van der Waals surface area (Å²) in [5.74, 6) is -1.50. The van der Waals surface area contributed by atoms with Gasteiger partial charge < -0.3 is 32.7 Å². The van der Waals surface area contributed by atoms with Crippen LogP contribution in [0.25, 0.3) is 10.9 Å². The van der Waals surface area contributed by atoms with Crippen LogP contribution in [0, 0.1) is 0 Å². The van der Waals surface area contributed by atoms with Gasteiger partial charge in [-0.2, -0.15) is 13.2 Å². The minimum absolute atomic E-state index is 0.0138. The molecule has 0 spiro atoms. The predicted molar refractivity (Wildman–Crippen MR) is 146 cm³/mol. The molecular formula is C28H33F3N7O3+. The largest absolute Gasteiger partial charge is 0.416 e. The molecule has 4 rings (SSSR count). The number of anilines is 1. The number of halogens is 3. The molecule has 218 valence electrons. The third-order valence-electron chi connectivity index (χ3n) is 7.05. The molecule has 0 saturated carbocycles. The summed E-state index contributed by atoms with van der Waals surface area (Å²) in [6.45, 7) is 0.645. The number of H-pyrrole nitrogens is 1. The fourth-order valence-electron chi connectivity index (χ4n) is 4.60. The first-order valence-electron chi connectivity index (χ1n) is 13.1. The van der Waals surface area contributed by atoms with E-state index in [4.69, 9.17) is 17.2 Å². The predicted octanol–water partition coefficient (Wildman–Crippen LogP) is 0.943. The van der Waals surface area contributed by atoms with Crippen LogP contribution in [0.4, 0.5) is 18.9 Å². The van der Waals surface area contributed by atoms with Crippen LogP contribution < -0.4 is 32.8 Å². The number of likely N-dealkylation sites (tertiary alicyclic amines) is 1. The fourth-order valence-corrected chi connectivity index (χ4v) is 4.60. The van der Waals surface area contributed by atoms with Gasteiger partial charge in [-0.25, -0.2) is 4.98 Å². The molecule has 3 aromatic rings. The maximum absolute atomic E-state index is 13.3. The molecule has 1 fully saturated rings. The smallest absolute Gasteiger partial charge is 0.343 e. The van der Waals surface area contributed by atoms with Crippen LogP contribution in [0.1, 0.15) is 24.0 Å². The number of aromatic amines is 1. The molecule has 13 heteroatoms. The normalized spacial score (nSPS) is 18.6. The van der Waals surface area contributed by atoms with E-state index in [9.17, 15) is 27.6 Å². The summed E-state index contributed by atoms with van der Waals surface area (Å²) in [6, 6.07) is 10.6. The number of carbonyl (C=O) groups is 3. The Kier molecular flexibility index (Phi) is 9.21. The zero-order valence-electron chi connectivity index (χ0n) is 22.2. The Bertz CT molecular complexity index is 1390. The lowest BCUT2D eigenvalue weighted by Gasteiger charge is -2.21. The minimum atomic E-state index is -4.51. The molecule has 41 heavy (non-hydrogen) atoms. The average molecular weight is 573 g/mol. The van der Waals surface area contributed by atoms with Gasteiger partial charge in [-0.1, -0.05) is 24.3 Å². The number of nitrogens with zero attached hydrogens (tertiary/aromatic N) is 1. The van der Waals surface area contributed by atoms with Gasteiger partial charge in [0.1, 0.15) is 11.7 Å². The number of alkyl halides is 3. The van der Waals surface area contributed by atoms with E-state index >= 15 is 0 Å². The Morgan fingerprint density at radius 3 is 2.32 bits per heavy atom. The zero-order chi connectivity index (χ0) is 29.7. The lowest BCUT2D eigenvalue weighted by Crippen LogP contribution is -2.51. The number of amides is 3. The van der Waals surface area contributed by atoms with Gasteiger partial charge in [-0.15, -0.1) is 0 Å². The number of hydrogen-bond donors (Lipinski definition) is 5. The molecule has 4 atom stereocenters. The van der Waals surface area contributed by atoms with Crippen molar-refractivity contribution in [3.63, 3.8) is 0 Å². The fraction of sp³-hybridized carbons (Fsp3) is 0.357. The molecule has 2 heterocycles. The number of rotatable bonds is 9. The van der Waals surface area contributed by atoms with Crippen LogP contribution in [0.3, 0.4) is 0 Å². The quantitative estimate of drug-likeness (QED) is 0.256. The second-order valence-corrected chi connectivity index (χ2v) is 10.2. The molecule has 10 nitrogen and oxygen atoms in total. The number of fused-ring (bicyclic) bond motifs is 1. The molecule has 1 aliphatic heterocycles. The molecule has 1 aliphatic rings. The van der Waals surface area contributed by atoms with Crippen molar-refractivity contribution in [1.82, 2.24) is 10.2 Å². The van der Waals surface area contributed by atoms with Crippen LogP contribution in [-0.2, 0) is 27.0 Å². The van der Waals surface area contributed by atoms with Crippen LogP contribution in [0.15, 0.2) is 60.8 Å². The highest BCUT2D eigenvalue weighted by atomic mass is 19.4. The van der Waals surface area contributed by atoms with Gasteiger partial charge >= 0.3 is 6.18 Å². The highest BCUT2D eigenvalue weighted by molar-refractivity contribution is 5.98. The lowest BCUT2D eigenvalue weighted by atomic mass is 10.0. The third kappa shape index (κ3) is 7.78. The van der Waals surface area contributed by atoms with E-state index in [-0.39, 0.29) is 37.3 Å². The van der Waals surface area contributed by atoms with Crippen molar-refractivity contribution in [2.45, 2.75) is 49.6 Å². The second-order valence-electron chi connectivity index (χ2n) is 10.2. The van der Waals surface area contributed by atoms with E-state index in [1.807, 2.05) is 24.3 Å². The third-order valence-corrected chi connectivity index (χ3v) is 7.05. The first-order valence-corrected chi connectivity index (χ1v) is 13.1. The average Bonchev–Trinajstić information content (AvgIpc) is 3.28. The van der Waals surface area contributed by atoms with E-state index in [1.54, 1.807) is 12.3 Å². The van der Waals surface area contributed by atoms with E-state index in [2.05, 4.69) is 15.6 Å². The number of pyridine rings is 1. The maximum Gasteiger partial charge on any atom is 0.416 e. The lowest BCUT2D eigenvalue weighted by molar-refractivity contribution is -0.343. The number of para-hydroxylation sites is 1. The van der Waals surface area contributed by atoms with Gasteiger partial charge in [0.25, 0.3) is 0 Å². The van der Waals surface area contributed by atoms with E-state index in [0.29, 0.717) is 24.3 Å². The Morgan fingerprint density at radius 2 is 1.66 bits per heavy atom. The highest BCUT2D eigenvalue weighted by Crippen LogP contribution is 2.29. The zero-order valence-corrected chi connectivity index (χ0v) is 22.2. The Balaban J connectivity index is 1.44. The van der Waals surface area contributed by atoms with Gasteiger partial charge in [0.05, 0.1) is 11.6 Å². The van der Waals surface area contributed by atoms with Crippen molar-refractivity contribution in [3.05, 3.63) is 71.9 Å². The Hall–Kier alpha value is -4.07. The van der Waals surface area contributed by atoms with Crippen LogP contribution in [-0.4, -0.2) is 59.9 Å². The first-order chi connectivity index (χ1) is 19.4. The van der Waals surface area contributed by atoms with Crippen molar-refractivity contribution in [3.8, 4) is 0 Å². The van der Waals surface area contributed by atoms with Crippen LogP contribution in [0.5, 0.6) is 0 Å². The topological polar surface area (TPSA) is 171 Å². The Morgan fingerprint density at radius 1 is 1.00 bits per heavy atom. The molecule has 0 bridgehead atoms. The molecule has 0 unspecified atom stereocenters. The number of carbonyl (C=O) groups excluding carboxylic acids is 3. The number of hydrogen-bond acceptors (Lipinski definition) is 6. The minimum Gasteiger partial charge on any atom is -0.343 e. The van der Waals surface area contributed by atoms with Crippen molar-refractivity contribution in [1.29, 1.82) is 0 Å². The SMILES string of the molecule is N[C@@H]1CN(C(=O)CC[C@H](N)C(=O)N[C@H](Cc2ccc(C(F)(F)F)cc2)C(=O)Nc2c[nH+]c3ccccc3c2)C[C@@H]1N. The van der Waals surface area contributed by atoms with Gasteiger partial charge in [0.15, 0.2) is 6.20 Å². The standard InChI is InChI=1S/C28H32F3N7O3/c29-28(30,31)18-7-5-16(6-8-18)11-24(27(41)36-19-12-17-3-1-2-4-23(17)35-13-19)37-26(40)20(32)9-10-25(39)38-14-21(33)22(34)15-38/h1-8,12-13,20-22,24H,9-11,14-15,32-34H2,(H,36,41)(H,37,40)/p+1/t20-,21-,22+,24+/m0/s1. The highest BCUT2D eigenvalue weighted by Gasteiger charge is 2.32. The molecule has 9 N–H and O–H groups in total. The van der Waals surface area contributed by atoms with Crippen LogP contribution in [0.2, 0.25) is 0 Å². The molecule has 0 radical (unpaired) electrons. The summed E-state index contributed by atoms with van der Waals surface area (Å²) in [4.78, 5) is 43.4. The molecule has 0 aliphatic carbocycles. The molecule has 3 amide bonds. The summed E-state index contributed by atoms with van der Waals surface area (Å²) in [7, 11) is 0. The van der Waals surface area contributed by atoms with Crippen molar-refractivity contribution >= 4 is 34.3 Å². The van der Waals surface area contributed by atoms with Crippen LogP contribution >= 0.6 is 0 Å². The molecular weight excluding hydrogens is 539 g/mol. The van der Waals surface area contributed by atoms with E-state index < -0.39 is 35.6 Å². The summed E-state index contributed by atoms with van der Waals surface area (Å²) in [5.41, 5.74) is 18.6. The second kappa shape index (κ2) is 12.6. The number of aromatic nitrogens is 1. The van der Waals surface area contributed by atoms with Gasteiger partial charge in [0.2, 0.25) is 23.2 Å². The maximum atomic E-state index is 13.3. The molecule has 1 saturated heterocycles. The van der Waals surface area contributed by atoms with Gasteiger partial charge in [0, 0.05) is 49.5 Å². The summed E-state index contributed by atoms with van der Waals surface area (Å²) < 4.78 is 39.0. The monoisotopic (exact) mass is 572 g/mol. The summed E-state index contributed by atoms with van der Waals surface area (Å²) in [6.07, 6.45) is -3.02. The number of benzene rings is 2. The number of nitrogens with two attached hydrogens (primary N) is 3. The van der Waals surface area contributed by atoms with Gasteiger partial charge in [-0.3, -0.25) is 14.4 Å². The van der Waals surface area contributed by atoms with Crippen molar-refractivity contribution in [2.24, 2.45) is 17.2 Å². The molecule has 2 aromatic carbocycles. The first kappa shape index (κ1) is 29.9. The Labute approximate surface area is 234 Å². The number of nitrogens with one attached hydrogen (secondary N) is 3. The van der Waals surface area contributed by atoms with Crippen molar-refractivity contribution in [2.75, 3.05) is 18.4 Å². The van der Waals surface area contributed by atoms with Crippen molar-refractivity contribution < 1.29 is 32.5 Å². The van der Waals surface area contributed by atoms with E-state index in [1.165, 1.54) is 17.0 Å². The molecule has 1 aromatic heterocycles. The summed E-state index contributed by atoms with van der Waals surface area (Å²) >= 11 is 0. The van der Waals surface area contributed by atoms with Gasteiger partial charge in [-0.05, 0) is 36.2 Å².